The Balaban J connectivity index is 1.62. The zero-order valence-electron chi connectivity index (χ0n) is 15.3. The van der Waals surface area contributed by atoms with Gasteiger partial charge in [-0.1, -0.05) is 54.3 Å². The van der Waals surface area contributed by atoms with Crippen molar-refractivity contribution >= 4 is 28.5 Å². The van der Waals surface area contributed by atoms with Crippen molar-refractivity contribution < 1.29 is 13.4 Å². The molecule has 5 heteroatoms. The van der Waals surface area contributed by atoms with Crippen molar-refractivity contribution in [1.82, 2.24) is 0 Å². The van der Waals surface area contributed by atoms with E-state index in [2.05, 4.69) is 16.6 Å². The van der Waals surface area contributed by atoms with Crippen molar-refractivity contribution in [2.24, 2.45) is 0 Å². The highest BCUT2D eigenvalue weighted by atomic mass is 32.2. The van der Waals surface area contributed by atoms with Crippen LogP contribution in [0.1, 0.15) is 27.0 Å². The minimum Gasteiger partial charge on any atom is -0.300 e. The molecule has 1 aliphatic heterocycles. The number of allylic oxidation sites excluding steroid dienone is 1. The first-order chi connectivity index (χ1) is 14.1. The molecule has 4 rings (SSSR count). The molecule has 1 unspecified atom stereocenters. The second-order valence-corrected chi connectivity index (χ2v) is 7.67. The molecule has 1 heterocycles. The molecule has 0 spiro atoms. The summed E-state index contributed by atoms with van der Waals surface area (Å²) in [4.78, 5) is 13.0. The first-order valence-corrected chi connectivity index (χ1v) is 10.1. The number of nitrogens with one attached hydrogen (secondary N) is 1. The molecule has 142 valence electrons. The Morgan fingerprint density at radius 2 is 1.83 bits per heavy atom. The predicted octanol–water partition coefficient (Wildman–Crippen LogP) is 4.73. The lowest BCUT2D eigenvalue weighted by molar-refractivity contribution is 0.104. The Hall–Kier alpha value is -3.49. The molecule has 0 aromatic heterocycles. The van der Waals surface area contributed by atoms with Crippen LogP contribution in [-0.2, 0) is 17.4 Å². The summed E-state index contributed by atoms with van der Waals surface area (Å²) < 4.78 is 28.7. The molecule has 0 bridgehead atoms. The number of carbonyl (C=O) groups excluding carboxylic acids is 1. The molecule has 0 saturated carbocycles. The van der Waals surface area contributed by atoms with Crippen LogP contribution in [0.15, 0.2) is 77.7 Å². The van der Waals surface area contributed by atoms with E-state index in [4.69, 9.17) is 0 Å². The van der Waals surface area contributed by atoms with Gasteiger partial charge in [-0.3, -0.25) is 4.79 Å². The lowest BCUT2D eigenvalue weighted by Crippen LogP contribution is -2.22. The number of halogens is 1. The highest BCUT2D eigenvalue weighted by Gasteiger charge is 2.27. The normalized spacial score (nSPS) is 16.5. The van der Waals surface area contributed by atoms with E-state index in [0.717, 1.165) is 5.56 Å². The maximum absolute atomic E-state index is 13.4. The van der Waals surface area contributed by atoms with Gasteiger partial charge in [0.15, 0.2) is 11.0 Å². The monoisotopic (exact) mass is 401 g/mol. The third kappa shape index (κ3) is 4.34. The highest BCUT2D eigenvalue weighted by Crippen LogP contribution is 2.29. The molecule has 0 fully saturated rings. The summed E-state index contributed by atoms with van der Waals surface area (Å²) in [7, 11) is -1.71. The zero-order chi connectivity index (χ0) is 20.2. The molecule has 1 N–H and O–H groups in total. The number of carbonyl (C=O) groups is 1. The van der Waals surface area contributed by atoms with Crippen molar-refractivity contribution in [3.63, 3.8) is 0 Å². The van der Waals surface area contributed by atoms with Crippen molar-refractivity contribution in [2.45, 2.75) is 6.42 Å². The molecule has 0 aliphatic carbocycles. The van der Waals surface area contributed by atoms with Gasteiger partial charge in [0.1, 0.15) is 10.7 Å². The van der Waals surface area contributed by atoms with Crippen LogP contribution in [-0.4, -0.2) is 9.99 Å². The molecular formula is C24H16FNO2S. The van der Waals surface area contributed by atoms with E-state index >= 15 is 0 Å². The fourth-order valence-corrected chi connectivity index (χ4v) is 3.99. The van der Waals surface area contributed by atoms with Gasteiger partial charge in [0.2, 0.25) is 5.78 Å². The van der Waals surface area contributed by atoms with Crippen LogP contribution in [0.3, 0.4) is 0 Å². The van der Waals surface area contributed by atoms with Gasteiger partial charge in [-0.25, -0.2) is 8.60 Å². The first kappa shape index (κ1) is 18.9. The molecule has 3 aromatic carbocycles. The average Bonchev–Trinajstić information content (AvgIpc) is 2.72. The largest absolute Gasteiger partial charge is 0.300 e. The van der Waals surface area contributed by atoms with Crippen LogP contribution in [0.4, 0.5) is 10.1 Å². The third-order valence-corrected chi connectivity index (χ3v) is 5.51. The van der Waals surface area contributed by atoms with E-state index in [1.807, 2.05) is 30.3 Å². The summed E-state index contributed by atoms with van der Waals surface area (Å²) in [5.74, 6) is 5.41. The fourth-order valence-electron chi connectivity index (χ4n) is 2.98. The number of rotatable bonds is 2. The Labute approximate surface area is 170 Å². The maximum atomic E-state index is 13.4. The van der Waals surface area contributed by atoms with Crippen LogP contribution in [0.25, 0.3) is 6.08 Å². The third-order valence-electron chi connectivity index (χ3n) is 4.40. The van der Waals surface area contributed by atoms with Crippen molar-refractivity contribution in [3.05, 3.63) is 106 Å². The Bertz CT molecular complexity index is 1210. The Morgan fingerprint density at radius 3 is 2.62 bits per heavy atom. The number of ketones is 1. The van der Waals surface area contributed by atoms with E-state index in [1.54, 1.807) is 30.3 Å². The fraction of sp³-hybridized carbons (Fsp3) is 0.0417. The number of fused-ring (bicyclic) bond motifs is 1. The van der Waals surface area contributed by atoms with E-state index in [9.17, 15) is 13.4 Å². The van der Waals surface area contributed by atoms with Gasteiger partial charge in [-0.15, -0.1) is 0 Å². The standard InChI is InChI=1S/C24H16FNO2S/c25-20-11-5-10-19(14-20)16-23-24(27)21-15-18(12-13-22(21)26-29(23)28)9-4-8-17-6-2-1-3-7-17/h1-3,5-7,10-16,26H,8H2/b23-16-. The Kier molecular flexibility index (Phi) is 5.37. The van der Waals surface area contributed by atoms with Gasteiger partial charge in [-0.2, -0.15) is 0 Å². The van der Waals surface area contributed by atoms with Gasteiger partial charge in [0, 0.05) is 17.5 Å². The van der Waals surface area contributed by atoms with Gasteiger partial charge in [-0.05, 0) is 47.5 Å². The molecule has 1 aliphatic rings. The van der Waals surface area contributed by atoms with Crippen LogP contribution < -0.4 is 4.72 Å². The van der Waals surface area contributed by atoms with Crippen LogP contribution in [0, 0.1) is 17.7 Å². The molecule has 0 saturated heterocycles. The zero-order valence-corrected chi connectivity index (χ0v) is 16.1. The quantitative estimate of drug-likeness (QED) is 0.498. The number of hydrogen-bond donors (Lipinski definition) is 1. The molecule has 0 amide bonds. The van der Waals surface area contributed by atoms with Crippen molar-refractivity contribution in [3.8, 4) is 11.8 Å². The van der Waals surface area contributed by atoms with Crippen molar-refractivity contribution in [1.29, 1.82) is 0 Å². The summed E-state index contributed by atoms with van der Waals surface area (Å²) in [5, 5.41) is 0. The minimum atomic E-state index is -1.71. The number of benzene rings is 3. The van der Waals surface area contributed by atoms with Crippen LogP contribution >= 0.6 is 0 Å². The molecular weight excluding hydrogens is 385 g/mol. The molecule has 1 atom stereocenters. The van der Waals surface area contributed by atoms with Crippen LogP contribution in [0.2, 0.25) is 0 Å². The molecule has 29 heavy (non-hydrogen) atoms. The number of anilines is 1. The van der Waals surface area contributed by atoms with E-state index in [1.165, 1.54) is 18.2 Å². The van der Waals surface area contributed by atoms with E-state index in [0.29, 0.717) is 28.8 Å². The number of Topliss-reactive ketones (excluding diaryl/α,β-unsaturated/α-hetero) is 1. The summed E-state index contributed by atoms with van der Waals surface area (Å²) in [6.45, 7) is 0. The minimum absolute atomic E-state index is 0.0810. The molecule has 3 aromatic rings. The van der Waals surface area contributed by atoms with E-state index < -0.39 is 16.8 Å². The Morgan fingerprint density at radius 1 is 1.00 bits per heavy atom. The summed E-state index contributed by atoms with van der Waals surface area (Å²) >= 11 is 0. The van der Waals surface area contributed by atoms with Gasteiger partial charge >= 0.3 is 0 Å². The van der Waals surface area contributed by atoms with Gasteiger partial charge < -0.3 is 4.72 Å². The van der Waals surface area contributed by atoms with Gasteiger partial charge in [0.25, 0.3) is 0 Å². The summed E-state index contributed by atoms with van der Waals surface area (Å²) in [5.41, 5.74) is 3.20. The average molecular weight is 401 g/mol. The highest BCUT2D eigenvalue weighted by molar-refractivity contribution is 7.91. The molecule has 0 radical (unpaired) electrons. The summed E-state index contributed by atoms with van der Waals surface area (Å²) in [6.07, 6.45) is 2.06. The second-order valence-electron chi connectivity index (χ2n) is 6.49. The smallest absolute Gasteiger partial charge is 0.205 e. The summed E-state index contributed by atoms with van der Waals surface area (Å²) in [6, 6.07) is 20.9. The molecule has 3 nitrogen and oxygen atoms in total. The second kappa shape index (κ2) is 8.26. The number of hydrogen-bond acceptors (Lipinski definition) is 2. The predicted molar refractivity (Wildman–Crippen MR) is 114 cm³/mol. The van der Waals surface area contributed by atoms with Gasteiger partial charge in [0.05, 0.1) is 5.69 Å². The maximum Gasteiger partial charge on any atom is 0.205 e. The SMILES string of the molecule is O=C1/C(=C/c2cccc(F)c2)S(=O)Nc2ccc(C#CCc3ccccc3)cc21. The van der Waals surface area contributed by atoms with E-state index in [-0.39, 0.29) is 10.7 Å². The van der Waals surface area contributed by atoms with Crippen LogP contribution in [0.5, 0.6) is 0 Å². The van der Waals surface area contributed by atoms with Crippen molar-refractivity contribution in [2.75, 3.05) is 4.72 Å². The lowest BCUT2D eigenvalue weighted by atomic mass is 10.0. The first-order valence-electron chi connectivity index (χ1n) is 8.97. The topological polar surface area (TPSA) is 46.2 Å². The lowest BCUT2D eigenvalue weighted by Gasteiger charge is -2.19.